The van der Waals surface area contributed by atoms with Crippen LogP contribution in [0.25, 0.3) is 11.3 Å². The molecule has 0 amide bonds. The van der Waals surface area contributed by atoms with E-state index in [9.17, 15) is 4.79 Å². The molecule has 0 spiro atoms. The molecule has 4 N–H and O–H groups in total. The van der Waals surface area contributed by atoms with Gasteiger partial charge in [-0.2, -0.15) is 0 Å². The molecule has 1 aliphatic carbocycles. The molecule has 6 heteroatoms. The zero-order valence-electron chi connectivity index (χ0n) is 13.2. The van der Waals surface area contributed by atoms with Crippen LogP contribution in [0.5, 0.6) is 0 Å². The minimum absolute atomic E-state index is 0.0635. The van der Waals surface area contributed by atoms with Gasteiger partial charge in [0.1, 0.15) is 0 Å². The van der Waals surface area contributed by atoms with E-state index in [1.165, 1.54) is 0 Å². The minimum atomic E-state index is 0.0635. The molecule has 24 heavy (non-hydrogen) atoms. The summed E-state index contributed by atoms with van der Waals surface area (Å²) in [6, 6.07) is 3.96. The number of aromatic nitrogens is 2. The molecule has 1 aliphatic heterocycles. The van der Waals surface area contributed by atoms with Gasteiger partial charge in [-0.15, -0.1) is 0 Å². The van der Waals surface area contributed by atoms with E-state index in [0.717, 1.165) is 29.1 Å². The fraction of sp³-hybridized carbons (Fsp3) is 0.222. The van der Waals surface area contributed by atoms with E-state index in [1.54, 1.807) is 17.1 Å². The number of fused-ring (bicyclic) bond motifs is 1. The first-order valence-electron chi connectivity index (χ1n) is 8.02. The summed E-state index contributed by atoms with van der Waals surface area (Å²) in [7, 11) is 0. The maximum Gasteiger partial charge on any atom is 0.180 e. The van der Waals surface area contributed by atoms with Crippen molar-refractivity contribution in [2.24, 2.45) is 0 Å². The number of anilines is 1. The molecule has 6 nitrogen and oxygen atoms in total. The summed E-state index contributed by atoms with van der Waals surface area (Å²) in [6.07, 6.45) is 12.6. The van der Waals surface area contributed by atoms with Crippen LogP contribution in [0.15, 0.2) is 48.8 Å². The zero-order valence-corrected chi connectivity index (χ0v) is 13.2. The fourth-order valence-electron chi connectivity index (χ4n) is 3.30. The Hall–Kier alpha value is -2.86. The lowest BCUT2D eigenvalue weighted by Crippen LogP contribution is -2.32. The van der Waals surface area contributed by atoms with E-state index < -0.39 is 0 Å². The average molecular weight is 321 g/mol. The molecule has 4 rings (SSSR count). The van der Waals surface area contributed by atoms with Crippen LogP contribution in [0, 0.1) is 0 Å². The van der Waals surface area contributed by atoms with Crippen molar-refractivity contribution >= 4 is 11.5 Å². The van der Waals surface area contributed by atoms with Gasteiger partial charge in [0.15, 0.2) is 5.78 Å². The molecule has 0 radical (unpaired) electrons. The van der Waals surface area contributed by atoms with E-state index >= 15 is 0 Å². The first kappa shape index (κ1) is 14.7. The third-order valence-electron chi connectivity index (χ3n) is 4.43. The predicted octanol–water partition coefficient (Wildman–Crippen LogP) is 1.85. The SMILES string of the molecule is Nn1c2c(c(NC3C=CC=CC3)c1-c1ccncc1)C(=O)CNC2. The van der Waals surface area contributed by atoms with Crippen LogP contribution in [0.4, 0.5) is 5.69 Å². The van der Waals surface area contributed by atoms with Crippen LogP contribution in [0.1, 0.15) is 22.5 Å². The monoisotopic (exact) mass is 321 g/mol. The van der Waals surface area contributed by atoms with Crippen molar-refractivity contribution in [1.29, 1.82) is 0 Å². The number of nitrogens with two attached hydrogens (primary N) is 1. The van der Waals surface area contributed by atoms with Gasteiger partial charge in [0.05, 0.1) is 29.2 Å². The summed E-state index contributed by atoms with van der Waals surface area (Å²) in [6.45, 7) is 0.916. The van der Waals surface area contributed by atoms with Crippen molar-refractivity contribution in [3.05, 3.63) is 60.1 Å². The Morgan fingerprint density at radius 2 is 2.08 bits per heavy atom. The summed E-state index contributed by atoms with van der Waals surface area (Å²) in [4.78, 5) is 16.6. The van der Waals surface area contributed by atoms with E-state index in [1.807, 2.05) is 24.3 Å². The molecule has 1 unspecified atom stereocenters. The number of carbonyl (C=O) groups is 1. The number of nitrogens with one attached hydrogen (secondary N) is 2. The average Bonchev–Trinajstić information content (AvgIpc) is 2.90. The van der Waals surface area contributed by atoms with Crippen molar-refractivity contribution in [2.45, 2.75) is 19.0 Å². The standard InChI is InChI=1S/C18H19N5O/c19-23-14-10-21-11-15(24)16(14)17(22-13-4-2-1-3-5-13)18(23)12-6-8-20-9-7-12/h1-4,6-9,13,21-22H,5,10-11,19H2. The largest absolute Gasteiger partial charge is 0.376 e. The van der Waals surface area contributed by atoms with Crippen LogP contribution in [0.2, 0.25) is 0 Å². The molecule has 0 fully saturated rings. The maximum atomic E-state index is 12.5. The number of ketones is 1. The van der Waals surface area contributed by atoms with Crippen LogP contribution in [-0.2, 0) is 6.54 Å². The molecule has 0 aromatic carbocycles. The quantitative estimate of drug-likeness (QED) is 0.751. The number of hydrogen-bond acceptors (Lipinski definition) is 5. The lowest BCUT2D eigenvalue weighted by atomic mass is 10.0. The Bertz CT molecular complexity index is 835. The number of carbonyl (C=O) groups excluding carboxylic acids is 1. The molecule has 0 bridgehead atoms. The van der Waals surface area contributed by atoms with E-state index in [4.69, 9.17) is 5.84 Å². The van der Waals surface area contributed by atoms with Crippen molar-refractivity contribution in [2.75, 3.05) is 17.7 Å². The molecule has 2 aromatic rings. The van der Waals surface area contributed by atoms with E-state index in [-0.39, 0.29) is 11.8 Å². The second kappa shape index (κ2) is 5.98. The lowest BCUT2D eigenvalue weighted by Gasteiger charge is -2.19. The summed E-state index contributed by atoms with van der Waals surface area (Å²) < 4.78 is 1.62. The Balaban J connectivity index is 1.87. The van der Waals surface area contributed by atoms with Crippen molar-refractivity contribution in [3.8, 4) is 11.3 Å². The Labute approximate surface area is 140 Å². The van der Waals surface area contributed by atoms with Crippen LogP contribution >= 0.6 is 0 Å². The van der Waals surface area contributed by atoms with Gasteiger partial charge in [0, 0.05) is 30.5 Å². The number of nitrogens with zero attached hydrogens (tertiary/aromatic N) is 2. The van der Waals surface area contributed by atoms with Gasteiger partial charge in [0.25, 0.3) is 0 Å². The second-order valence-electron chi connectivity index (χ2n) is 5.98. The Morgan fingerprint density at radius 3 is 2.83 bits per heavy atom. The number of pyridine rings is 1. The second-order valence-corrected chi connectivity index (χ2v) is 5.98. The van der Waals surface area contributed by atoms with Crippen molar-refractivity contribution < 1.29 is 4.79 Å². The smallest absolute Gasteiger partial charge is 0.180 e. The number of Topliss-reactive ketones (excluding diaryl/α,β-unsaturated/α-hetero) is 1. The highest BCUT2D eigenvalue weighted by Gasteiger charge is 2.30. The Kier molecular flexibility index (Phi) is 3.66. The Morgan fingerprint density at radius 1 is 1.25 bits per heavy atom. The highest BCUT2D eigenvalue weighted by atomic mass is 16.1. The predicted molar refractivity (Wildman–Crippen MR) is 94.2 cm³/mol. The first-order valence-corrected chi connectivity index (χ1v) is 8.02. The zero-order chi connectivity index (χ0) is 16.5. The molecule has 2 aliphatic rings. The highest BCUT2D eigenvalue weighted by Crippen LogP contribution is 2.37. The van der Waals surface area contributed by atoms with Crippen molar-refractivity contribution in [1.82, 2.24) is 15.0 Å². The van der Waals surface area contributed by atoms with Crippen LogP contribution in [-0.4, -0.2) is 28.0 Å². The number of hydrogen-bond donors (Lipinski definition) is 3. The summed E-state index contributed by atoms with van der Waals surface area (Å²) in [5.41, 5.74) is 4.09. The molecular formula is C18H19N5O. The summed E-state index contributed by atoms with van der Waals surface area (Å²) in [5, 5.41) is 6.63. The van der Waals surface area contributed by atoms with Gasteiger partial charge < -0.3 is 16.5 Å². The first-order chi connectivity index (χ1) is 11.8. The van der Waals surface area contributed by atoms with Gasteiger partial charge in [-0.05, 0) is 18.6 Å². The number of nitrogen functional groups attached to an aromatic ring is 1. The molecule has 2 aromatic heterocycles. The number of allylic oxidation sites excluding steroid dienone is 2. The molecular weight excluding hydrogens is 302 g/mol. The summed E-state index contributed by atoms with van der Waals surface area (Å²) >= 11 is 0. The third kappa shape index (κ3) is 2.41. The van der Waals surface area contributed by atoms with Gasteiger partial charge in [-0.3, -0.25) is 14.5 Å². The van der Waals surface area contributed by atoms with Crippen LogP contribution < -0.4 is 16.5 Å². The maximum absolute atomic E-state index is 12.5. The molecule has 3 heterocycles. The molecule has 1 atom stereocenters. The molecule has 122 valence electrons. The summed E-state index contributed by atoms with van der Waals surface area (Å²) in [5.74, 6) is 6.42. The normalized spacial score (nSPS) is 19.3. The lowest BCUT2D eigenvalue weighted by molar-refractivity contribution is 0.0982. The van der Waals surface area contributed by atoms with Gasteiger partial charge in [-0.25, -0.2) is 0 Å². The highest BCUT2D eigenvalue weighted by molar-refractivity contribution is 6.08. The van der Waals surface area contributed by atoms with Gasteiger partial charge in [-0.1, -0.05) is 24.3 Å². The van der Waals surface area contributed by atoms with E-state index in [2.05, 4.69) is 27.8 Å². The van der Waals surface area contributed by atoms with Crippen LogP contribution in [0.3, 0.4) is 0 Å². The minimum Gasteiger partial charge on any atom is -0.376 e. The molecule has 0 saturated heterocycles. The third-order valence-corrected chi connectivity index (χ3v) is 4.43. The molecule has 0 saturated carbocycles. The van der Waals surface area contributed by atoms with Gasteiger partial charge >= 0.3 is 0 Å². The topological polar surface area (TPSA) is 85.0 Å². The fourth-order valence-corrected chi connectivity index (χ4v) is 3.30. The number of rotatable bonds is 3. The van der Waals surface area contributed by atoms with E-state index in [0.29, 0.717) is 18.7 Å². The van der Waals surface area contributed by atoms with Gasteiger partial charge in [0.2, 0.25) is 0 Å². The van der Waals surface area contributed by atoms with Crippen molar-refractivity contribution in [3.63, 3.8) is 0 Å².